The lowest BCUT2D eigenvalue weighted by Crippen LogP contribution is -2.31. The standard InChI is InChI=1S/C19H19BrFN3O3/c1-2-3-15(25)11-5-6-13(21)17(18(11)26)12-8-14(12)23-19(27)24-16-7-4-10(20)9-22-16/h4-7,9,12,14,26H,2-3,8H2,1H3,(H2,22,23,24,27)/t12-,14+/m1/s1. The number of pyridine rings is 1. The van der Waals surface area contributed by atoms with Gasteiger partial charge in [0.1, 0.15) is 17.4 Å². The van der Waals surface area contributed by atoms with Crippen molar-refractivity contribution in [2.75, 3.05) is 5.32 Å². The lowest BCUT2D eigenvalue weighted by Gasteiger charge is -2.11. The summed E-state index contributed by atoms with van der Waals surface area (Å²) in [5.41, 5.74) is 0.214. The van der Waals surface area contributed by atoms with E-state index in [-0.39, 0.29) is 41.0 Å². The fourth-order valence-corrected chi connectivity index (χ4v) is 3.20. The molecule has 1 heterocycles. The van der Waals surface area contributed by atoms with Crippen molar-refractivity contribution in [3.8, 4) is 5.75 Å². The van der Waals surface area contributed by atoms with Gasteiger partial charge in [0.25, 0.3) is 0 Å². The summed E-state index contributed by atoms with van der Waals surface area (Å²) in [6.07, 6.45) is 2.97. The van der Waals surface area contributed by atoms with Crippen molar-refractivity contribution in [1.82, 2.24) is 10.3 Å². The molecular weight excluding hydrogens is 417 g/mol. The minimum atomic E-state index is -0.579. The highest BCUT2D eigenvalue weighted by atomic mass is 79.9. The number of aromatic nitrogens is 1. The lowest BCUT2D eigenvalue weighted by atomic mass is 9.99. The van der Waals surface area contributed by atoms with E-state index in [4.69, 9.17) is 0 Å². The molecule has 0 saturated heterocycles. The van der Waals surface area contributed by atoms with E-state index in [0.717, 1.165) is 4.47 Å². The summed E-state index contributed by atoms with van der Waals surface area (Å²) in [5, 5.41) is 15.7. The van der Waals surface area contributed by atoms with Crippen LogP contribution >= 0.6 is 15.9 Å². The van der Waals surface area contributed by atoms with Crippen LogP contribution in [0.1, 0.15) is 48.0 Å². The summed E-state index contributed by atoms with van der Waals surface area (Å²) >= 11 is 3.26. The molecule has 2 amide bonds. The van der Waals surface area contributed by atoms with Crippen molar-refractivity contribution in [1.29, 1.82) is 0 Å². The number of phenols is 1. The van der Waals surface area contributed by atoms with Crippen LogP contribution in [0.25, 0.3) is 0 Å². The van der Waals surface area contributed by atoms with Crippen LogP contribution in [0.4, 0.5) is 15.0 Å². The first-order chi connectivity index (χ1) is 12.9. The van der Waals surface area contributed by atoms with Crippen LogP contribution in [-0.2, 0) is 0 Å². The van der Waals surface area contributed by atoms with Crippen LogP contribution in [-0.4, -0.2) is 27.9 Å². The summed E-state index contributed by atoms with van der Waals surface area (Å²) in [5.74, 6) is -1.11. The summed E-state index contributed by atoms with van der Waals surface area (Å²) < 4.78 is 15.0. The smallest absolute Gasteiger partial charge is 0.320 e. The highest BCUT2D eigenvalue weighted by Crippen LogP contribution is 2.47. The van der Waals surface area contributed by atoms with E-state index in [0.29, 0.717) is 18.7 Å². The number of halogens is 2. The van der Waals surface area contributed by atoms with E-state index in [9.17, 15) is 19.1 Å². The van der Waals surface area contributed by atoms with Gasteiger partial charge >= 0.3 is 6.03 Å². The molecule has 0 aliphatic heterocycles. The summed E-state index contributed by atoms with van der Waals surface area (Å²) in [4.78, 5) is 28.2. The molecule has 1 fully saturated rings. The van der Waals surface area contributed by atoms with Crippen LogP contribution in [0.15, 0.2) is 34.9 Å². The second-order valence-electron chi connectivity index (χ2n) is 6.44. The molecule has 8 heteroatoms. The van der Waals surface area contributed by atoms with Crippen molar-refractivity contribution in [3.05, 3.63) is 51.9 Å². The Bertz CT molecular complexity index is 873. The number of urea groups is 1. The minimum Gasteiger partial charge on any atom is -0.507 e. The number of Topliss-reactive ketones (excluding diaryl/α,β-unsaturated/α-hetero) is 1. The first kappa shape index (κ1) is 19.3. The van der Waals surface area contributed by atoms with Crippen molar-refractivity contribution in [3.63, 3.8) is 0 Å². The Morgan fingerprint density at radius 2 is 2.11 bits per heavy atom. The van der Waals surface area contributed by atoms with Gasteiger partial charge in [0.15, 0.2) is 5.78 Å². The number of amides is 2. The van der Waals surface area contributed by atoms with Gasteiger partial charge in [0, 0.05) is 34.6 Å². The molecule has 1 aromatic carbocycles. The van der Waals surface area contributed by atoms with E-state index >= 15 is 0 Å². The molecule has 0 unspecified atom stereocenters. The molecule has 3 rings (SSSR count). The zero-order valence-corrected chi connectivity index (χ0v) is 16.2. The average Bonchev–Trinajstić information content (AvgIpc) is 3.35. The van der Waals surface area contributed by atoms with Gasteiger partial charge in [-0.2, -0.15) is 0 Å². The van der Waals surface area contributed by atoms with Crippen LogP contribution in [0.5, 0.6) is 5.75 Å². The monoisotopic (exact) mass is 435 g/mol. The number of nitrogens with zero attached hydrogens (tertiary/aromatic N) is 1. The molecule has 2 atom stereocenters. The summed E-state index contributed by atoms with van der Waals surface area (Å²) in [6.45, 7) is 1.86. The highest BCUT2D eigenvalue weighted by Gasteiger charge is 2.43. The first-order valence-corrected chi connectivity index (χ1v) is 9.43. The maximum atomic E-state index is 14.3. The topological polar surface area (TPSA) is 91.3 Å². The van der Waals surface area contributed by atoms with Gasteiger partial charge in [0.2, 0.25) is 0 Å². The SMILES string of the molecule is CCCC(=O)c1ccc(F)c([C@@H]2C[C@@H]2NC(=O)Nc2ccc(Br)cn2)c1O. The number of carbonyl (C=O) groups excluding carboxylic acids is 2. The molecule has 6 nitrogen and oxygen atoms in total. The fourth-order valence-electron chi connectivity index (χ4n) is 2.97. The molecule has 27 heavy (non-hydrogen) atoms. The molecule has 0 bridgehead atoms. The third-order valence-electron chi connectivity index (χ3n) is 4.39. The zero-order chi connectivity index (χ0) is 19.6. The van der Waals surface area contributed by atoms with E-state index < -0.39 is 11.8 Å². The van der Waals surface area contributed by atoms with Crippen molar-refractivity contribution in [2.24, 2.45) is 0 Å². The number of hydrogen-bond acceptors (Lipinski definition) is 4. The minimum absolute atomic E-state index is 0.0871. The third kappa shape index (κ3) is 4.44. The largest absolute Gasteiger partial charge is 0.507 e. The quantitative estimate of drug-likeness (QED) is 0.588. The van der Waals surface area contributed by atoms with Gasteiger partial charge in [-0.15, -0.1) is 0 Å². The van der Waals surface area contributed by atoms with Gasteiger partial charge < -0.3 is 10.4 Å². The molecule has 1 aromatic heterocycles. The Balaban J connectivity index is 1.67. The number of phenolic OH excluding ortho intramolecular Hbond substituents is 1. The Kier molecular flexibility index (Phi) is 5.74. The maximum Gasteiger partial charge on any atom is 0.320 e. The molecule has 142 valence electrons. The number of carbonyl (C=O) groups is 2. The van der Waals surface area contributed by atoms with Crippen LogP contribution < -0.4 is 10.6 Å². The molecular formula is C19H19BrFN3O3. The predicted molar refractivity (Wildman–Crippen MR) is 103 cm³/mol. The van der Waals surface area contributed by atoms with Crippen molar-refractivity contribution >= 4 is 33.6 Å². The van der Waals surface area contributed by atoms with E-state index in [1.807, 2.05) is 6.92 Å². The van der Waals surface area contributed by atoms with Crippen LogP contribution in [0.2, 0.25) is 0 Å². The normalized spacial score (nSPS) is 18.0. The zero-order valence-electron chi connectivity index (χ0n) is 14.6. The second kappa shape index (κ2) is 8.04. The van der Waals surface area contributed by atoms with Crippen LogP contribution in [0.3, 0.4) is 0 Å². The summed E-state index contributed by atoms with van der Waals surface area (Å²) in [6, 6.07) is 5.10. The first-order valence-electron chi connectivity index (χ1n) is 8.64. The van der Waals surface area contributed by atoms with Gasteiger partial charge in [0.05, 0.1) is 5.56 Å². The average molecular weight is 436 g/mol. The van der Waals surface area contributed by atoms with Gasteiger partial charge in [-0.3, -0.25) is 10.1 Å². The Hall–Kier alpha value is -2.48. The Morgan fingerprint density at radius 1 is 1.33 bits per heavy atom. The number of rotatable bonds is 6. The second-order valence-corrected chi connectivity index (χ2v) is 7.35. The number of nitrogens with one attached hydrogen (secondary N) is 2. The van der Waals surface area contributed by atoms with Crippen LogP contribution in [0, 0.1) is 5.82 Å². The Labute approximate surface area is 164 Å². The van der Waals surface area contributed by atoms with E-state index in [1.165, 1.54) is 12.1 Å². The number of benzene rings is 1. The van der Waals surface area contributed by atoms with Gasteiger partial charge in [-0.05, 0) is 53.0 Å². The maximum absolute atomic E-state index is 14.3. The van der Waals surface area contributed by atoms with E-state index in [2.05, 4.69) is 31.5 Å². The van der Waals surface area contributed by atoms with E-state index in [1.54, 1.807) is 18.3 Å². The molecule has 1 aliphatic rings. The molecule has 0 radical (unpaired) electrons. The third-order valence-corrected chi connectivity index (χ3v) is 4.86. The summed E-state index contributed by atoms with van der Waals surface area (Å²) in [7, 11) is 0. The van der Waals surface area contributed by atoms with Crippen molar-refractivity contribution < 1.29 is 19.1 Å². The molecule has 2 aromatic rings. The van der Waals surface area contributed by atoms with Gasteiger partial charge in [-0.1, -0.05) is 6.92 Å². The predicted octanol–water partition coefficient (Wildman–Crippen LogP) is 4.35. The molecule has 1 saturated carbocycles. The molecule has 0 spiro atoms. The number of aromatic hydroxyl groups is 1. The molecule has 3 N–H and O–H groups in total. The Morgan fingerprint density at radius 3 is 2.78 bits per heavy atom. The molecule has 1 aliphatic carbocycles. The number of anilines is 1. The fraction of sp³-hybridized carbons (Fsp3) is 0.316. The highest BCUT2D eigenvalue weighted by molar-refractivity contribution is 9.10. The lowest BCUT2D eigenvalue weighted by molar-refractivity contribution is 0.0979. The number of hydrogen-bond donors (Lipinski definition) is 3. The van der Waals surface area contributed by atoms with Crippen molar-refractivity contribution in [2.45, 2.75) is 38.1 Å². The van der Waals surface area contributed by atoms with Gasteiger partial charge in [-0.25, -0.2) is 14.2 Å². The number of ketones is 1.